The molecule has 0 atom stereocenters. The van der Waals surface area contributed by atoms with Gasteiger partial charge < -0.3 is 9.80 Å². The number of halogens is 3. The van der Waals surface area contributed by atoms with Crippen molar-refractivity contribution in [3.8, 4) is 0 Å². The van der Waals surface area contributed by atoms with Gasteiger partial charge in [0.25, 0.3) is 0 Å². The Hall–Kier alpha value is -1.82. The predicted octanol–water partition coefficient (Wildman–Crippen LogP) is 4.69. The first-order valence-corrected chi connectivity index (χ1v) is 11.2. The van der Waals surface area contributed by atoms with Crippen LogP contribution in [0, 0.1) is 11.7 Å². The van der Waals surface area contributed by atoms with Crippen LogP contribution in [0.3, 0.4) is 0 Å². The van der Waals surface area contributed by atoms with Crippen LogP contribution in [-0.2, 0) is 11.3 Å². The van der Waals surface area contributed by atoms with Crippen molar-refractivity contribution >= 4 is 34.8 Å². The molecule has 0 radical (unpaired) electrons. The number of amides is 1. The van der Waals surface area contributed by atoms with Crippen LogP contribution >= 0.6 is 23.2 Å². The average Bonchev–Trinajstić information content (AvgIpc) is 2.76. The van der Waals surface area contributed by atoms with E-state index < -0.39 is 0 Å². The molecule has 2 aliphatic rings. The van der Waals surface area contributed by atoms with Gasteiger partial charge >= 0.3 is 0 Å². The van der Waals surface area contributed by atoms with Crippen molar-refractivity contribution in [2.75, 3.05) is 44.2 Å². The number of hydrogen-bond acceptors (Lipinski definition) is 3. The number of carbonyl (C=O) groups is 1. The van der Waals surface area contributed by atoms with Gasteiger partial charge in [-0.3, -0.25) is 9.69 Å². The molecule has 2 aromatic rings. The highest BCUT2D eigenvalue weighted by Gasteiger charge is 2.30. The predicted molar refractivity (Wildman–Crippen MR) is 120 cm³/mol. The molecule has 2 heterocycles. The number of piperidine rings is 1. The fourth-order valence-corrected chi connectivity index (χ4v) is 4.77. The van der Waals surface area contributed by atoms with Crippen LogP contribution in [0.25, 0.3) is 0 Å². The molecule has 2 fully saturated rings. The van der Waals surface area contributed by atoms with Gasteiger partial charge in [-0.25, -0.2) is 4.39 Å². The van der Waals surface area contributed by atoms with Gasteiger partial charge in [-0.2, -0.15) is 0 Å². The average molecular weight is 450 g/mol. The number of anilines is 1. The van der Waals surface area contributed by atoms with Crippen LogP contribution < -0.4 is 4.90 Å². The Kier molecular flexibility index (Phi) is 6.81. The normalized spacial score (nSPS) is 18.6. The largest absolute Gasteiger partial charge is 0.368 e. The first-order chi connectivity index (χ1) is 14.5. The Morgan fingerprint density at radius 1 is 0.967 bits per heavy atom. The molecule has 0 unspecified atom stereocenters. The van der Waals surface area contributed by atoms with Crippen LogP contribution in [0.4, 0.5) is 10.1 Å². The Balaban J connectivity index is 1.27. The van der Waals surface area contributed by atoms with Crippen LogP contribution in [0.5, 0.6) is 0 Å². The number of rotatable bonds is 4. The van der Waals surface area contributed by atoms with Gasteiger partial charge in [-0.1, -0.05) is 35.3 Å². The third-order valence-electron chi connectivity index (χ3n) is 6.14. The molecule has 7 heteroatoms. The topological polar surface area (TPSA) is 26.8 Å². The first-order valence-electron chi connectivity index (χ1n) is 10.5. The van der Waals surface area contributed by atoms with Crippen molar-refractivity contribution in [3.63, 3.8) is 0 Å². The summed E-state index contributed by atoms with van der Waals surface area (Å²) >= 11 is 12.3. The van der Waals surface area contributed by atoms with Gasteiger partial charge in [0, 0.05) is 59.9 Å². The highest BCUT2D eigenvalue weighted by molar-refractivity contribution is 6.31. The zero-order valence-electron chi connectivity index (χ0n) is 16.9. The lowest BCUT2D eigenvalue weighted by atomic mass is 9.94. The van der Waals surface area contributed by atoms with E-state index in [0.29, 0.717) is 17.1 Å². The second kappa shape index (κ2) is 9.54. The molecule has 30 heavy (non-hydrogen) atoms. The fraction of sp³-hybridized carbons (Fsp3) is 0.435. The van der Waals surface area contributed by atoms with Crippen molar-refractivity contribution in [3.05, 3.63) is 63.9 Å². The molecule has 2 aliphatic heterocycles. The lowest BCUT2D eigenvalue weighted by Gasteiger charge is -2.39. The van der Waals surface area contributed by atoms with E-state index in [-0.39, 0.29) is 17.6 Å². The zero-order valence-corrected chi connectivity index (χ0v) is 18.4. The number of benzene rings is 2. The van der Waals surface area contributed by atoms with Crippen molar-refractivity contribution in [1.29, 1.82) is 0 Å². The standard InChI is InChI=1S/C23H26Cl2FN3O/c24-18-3-1-4-19(15-18)28-11-13-29(14-12-28)23(30)17-7-9-27(10-8-17)16-20-21(25)5-2-6-22(20)26/h1-6,15,17H,7-14,16H2. The summed E-state index contributed by atoms with van der Waals surface area (Å²) in [7, 11) is 0. The molecule has 1 amide bonds. The SMILES string of the molecule is O=C(C1CCN(Cc2c(F)cccc2Cl)CC1)N1CCN(c2cccc(Cl)c2)CC1. The summed E-state index contributed by atoms with van der Waals surface area (Å²) in [5.41, 5.74) is 1.65. The number of piperazine rings is 1. The fourth-order valence-electron chi connectivity index (χ4n) is 4.36. The molecular weight excluding hydrogens is 424 g/mol. The summed E-state index contributed by atoms with van der Waals surface area (Å²) in [6.45, 7) is 5.15. The molecule has 2 saturated heterocycles. The molecule has 0 bridgehead atoms. The van der Waals surface area contributed by atoms with Gasteiger partial charge in [0.2, 0.25) is 5.91 Å². The highest BCUT2D eigenvalue weighted by Crippen LogP contribution is 2.26. The van der Waals surface area contributed by atoms with Gasteiger partial charge in [-0.15, -0.1) is 0 Å². The smallest absolute Gasteiger partial charge is 0.225 e. The van der Waals surface area contributed by atoms with E-state index in [0.717, 1.165) is 62.8 Å². The minimum absolute atomic E-state index is 0.0510. The molecule has 4 rings (SSSR count). The summed E-state index contributed by atoms with van der Waals surface area (Å²) < 4.78 is 14.0. The molecule has 0 spiro atoms. The number of hydrogen-bond donors (Lipinski definition) is 0. The zero-order chi connectivity index (χ0) is 21.1. The quantitative estimate of drug-likeness (QED) is 0.676. The molecule has 2 aromatic carbocycles. The van der Waals surface area contributed by atoms with Gasteiger partial charge in [0.05, 0.1) is 0 Å². The van der Waals surface area contributed by atoms with Crippen LogP contribution in [0.1, 0.15) is 18.4 Å². The van der Waals surface area contributed by atoms with Crippen molar-refractivity contribution in [2.45, 2.75) is 19.4 Å². The van der Waals surface area contributed by atoms with Crippen LogP contribution in [0.15, 0.2) is 42.5 Å². The number of likely N-dealkylation sites (tertiary alicyclic amines) is 1. The van der Waals surface area contributed by atoms with E-state index in [1.165, 1.54) is 6.07 Å². The van der Waals surface area contributed by atoms with E-state index in [1.54, 1.807) is 12.1 Å². The minimum Gasteiger partial charge on any atom is -0.368 e. The molecular formula is C23H26Cl2FN3O. The second-order valence-corrected chi connectivity index (χ2v) is 8.89. The van der Waals surface area contributed by atoms with E-state index in [1.807, 2.05) is 23.1 Å². The van der Waals surface area contributed by atoms with Gasteiger partial charge in [-0.05, 0) is 56.3 Å². The van der Waals surface area contributed by atoms with Gasteiger partial charge in [0.1, 0.15) is 5.82 Å². The molecule has 0 aliphatic carbocycles. The van der Waals surface area contributed by atoms with E-state index in [2.05, 4.69) is 15.9 Å². The summed E-state index contributed by atoms with van der Waals surface area (Å²) in [5.74, 6) is 0.0395. The summed E-state index contributed by atoms with van der Waals surface area (Å²) in [6.07, 6.45) is 1.61. The number of nitrogens with zero attached hydrogens (tertiary/aromatic N) is 3. The lowest BCUT2D eigenvalue weighted by molar-refractivity contribution is -0.137. The van der Waals surface area contributed by atoms with E-state index in [4.69, 9.17) is 23.2 Å². The summed E-state index contributed by atoms with van der Waals surface area (Å²) in [4.78, 5) is 19.5. The first kappa shape index (κ1) is 21.4. The minimum atomic E-state index is -0.265. The lowest BCUT2D eigenvalue weighted by Crippen LogP contribution is -2.51. The Morgan fingerprint density at radius 3 is 2.33 bits per heavy atom. The van der Waals surface area contributed by atoms with Crippen LogP contribution in [0.2, 0.25) is 10.0 Å². The Labute approximate surface area is 187 Å². The molecule has 4 nitrogen and oxygen atoms in total. The summed E-state index contributed by atoms with van der Waals surface area (Å²) in [6, 6.07) is 12.6. The Morgan fingerprint density at radius 2 is 1.67 bits per heavy atom. The third-order valence-corrected chi connectivity index (χ3v) is 6.73. The molecule has 0 saturated carbocycles. The highest BCUT2D eigenvalue weighted by atomic mass is 35.5. The second-order valence-electron chi connectivity index (χ2n) is 8.04. The third kappa shape index (κ3) is 4.90. The van der Waals surface area contributed by atoms with E-state index >= 15 is 0 Å². The van der Waals surface area contributed by atoms with Crippen molar-refractivity contribution < 1.29 is 9.18 Å². The maximum absolute atomic E-state index is 14.0. The summed E-state index contributed by atoms with van der Waals surface area (Å²) in [5, 5.41) is 1.19. The van der Waals surface area contributed by atoms with Crippen molar-refractivity contribution in [1.82, 2.24) is 9.80 Å². The maximum atomic E-state index is 14.0. The molecule has 160 valence electrons. The van der Waals surface area contributed by atoms with Crippen molar-refractivity contribution in [2.24, 2.45) is 5.92 Å². The van der Waals surface area contributed by atoms with Gasteiger partial charge in [0.15, 0.2) is 0 Å². The molecule has 0 N–H and O–H groups in total. The van der Waals surface area contributed by atoms with Crippen LogP contribution in [-0.4, -0.2) is 55.0 Å². The maximum Gasteiger partial charge on any atom is 0.225 e. The number of carbonyl (C=O) groups excluding carboxylic acids is 1. The van der Waals surface area contributed by atoms with E-state index in [9.17, 15) is 9.18 Å². The molecule has 0 aromatic heterocycles. The Bertz CT molecular complexity index is 874. The monoisotopic (exact) mass is 449 g/mol.